The second-order valence-corrected chi connectivity index (χ2v) is 7.02. The molecule has 2 N–H and O–H groups in total. The van der Waals surface area contributed by atoms with Gasteiger partial charge in [-0.05, 0) is 44.5 Å². The van der Waals surface area contributed by atoms with Crippen LogP contribution in [0.1, 0.15) is 38.3 Å². The average molecular weight is 319 g/mol. The number of hydrogen-bond donors (Lipinski definition) is 2. The molecule has 0 aliphatic rings. The molecule has 1 atom stereocenters. The summed E-state index contributed by atoms with van der Waals surface area (Å²) in [7, 11) is -3.27. The number of halogens is 1. The Kier molecular flexibility index (Phi) is 7.51. The molecule has 0 radical (unpaired) electrons. The van der Waals surface area contributed by atoms with E-state index < -0.39 is 10.0 Å². The number of benzene rings is 1. The fourth-order valence-electron chi connectivity index (χ4n) is 1.94. The average Bonchev–Trinajstić information content (AvgIpc) is 2.38. The first-order valence-corrected chi connectivity index (χ1v) is 8.94. The zero-order chi connectivity index (χ0) is 15.0. The summed E-state index contributed by atoms with van der Waals surface area (Å²) in [4.78, 5) is 0. The fourth-order valence-corrected chi connectivity index (χ4v) is 3.60. The van der Waals surface area contributed by atoms with Gasteiger partial charge in [-0.3, -0.25) is 0 Å². The van der Waals surface area contributed by atoms with Crippen LogP contribution in [0, 0.1) is 0 Å². The molecule has 0 spiro atoms. The fraction of sp³-hybridized carbons (Fsp3) is 0.571. The number of unbranched alkanes of at least 4 members (excludes halogenated alkanes) is 1. The zero-order valence-corrected chi connectivity index (χ0v) is 13.6. The van der Waals surface area contributed by atoms with Gasteiger partial charge >= 0.3 is 0 Å². The maximum atomic E-state index is 12.0. The summed E-state index contributed by atoms with van der Waals surface area (Å²) < 4.78 is 26.6. The molecule has 1 aromatic carbocycles. The number of sulfonamides is 1. The molecule has 0 bridgehead atoms. The third-order valence-electron chi connectivity index (χ3n) is 2.99. The van der Waals surface area contributed by atoms with Gasteiger partial charge in [-0.25, -0.2) is 13.1 Å². The second kappa shape index (κ2) is 8.62. The minimum Gasteiger partial charge on any atom is -0.317 e. The van der Waals surface area contributed by atoms with Crippen molar-refractivity contribution in [3.8, 4) is 0 Å². The minimum atomic E-state index is -3.27. The van der Waals surface area contributed by atoms with Crippen LogP contribution in [0.3, 0.4) is 0 Å². The Morgan fingerprint density at radius 2 is 1.95 bits per heavy atom. The van der Waals surface area contributed by atoms with Crippen molar-refractivity contribution in [2.45, 2.75) is 32.7 Å². The number of nitrogens with one attached hydrogen (secondary N) is 2. The van der Waals surface area contributed by atoms with Crippen molar-refractivity contribution in [1.29, 1.82) is 0 Å². The van der Waals surface area contributed by atoms with Crippen LogP contribution in [0.15, 0.2) is 24.3 Å². The van der Waals surface area contributed by atoms with Crippen molar-refractivity contribution in [2.75, 3.05) is 18.8 Å². The first kappa shape index (κ1) is 17.4. The predicted octanol–water partition coefficient (Wildman–Crippen LogP) is 2.71. The van der Waals surface area contributed by atoms with Crippen LogP contribution >= 0.6 is 11.6 Å². The second-order valence-electron chi connectivity index (χ2n) is 4.74. The summed E-state index contributed by atoms with van der Waals surface area (Å²) in [6.45, 7) is 5.60. The molecular weight excluding hydrogens is 296 g/mol. The molecule has 4 nitrogen and oxygen atoms in total. The maximum absolute atomic E-state index is 12.0. The molecule has 0 aromatic heterocycles. The molecule has 0 aliphatic carbocycles. The van der Waals surface area contributed by atoms with Crippen molar-refractivity contribution in [3.63, 3.8) is 0 Å². The first-order valence-electron chi connectivity index (χ1n) is 6.91. The highest BCUT2D eigenvalue weighted by atomic mass is 35.5. The smallest absolute Gasteiger partial charge is 0.212 e. The normalized spacial score (nSPS) is 13.3. The summed E-state index contributed by atoms with van der Waals surface area (Å²) in [5, 5.41) is 3.75. The van der Waals surface area contributed by atoms with Gasteiger partial charge in [0, 0.05) is 11.1 Å². The Balaban J connectivity index is 2.47. The molecule has 20 heavy (non-hydrogen) atoms. The van der Waals surface area contributed by atoms with Gasteiger partial charge in [-0.2, -0.15) is 0 Å². The van der Waals surface area contributed by atoms with E-state index in [4.69, 9.17) is 11.6 Å². The van der Waals surface area contributed by atoms with Crippen molar-refractivity contribution < 1.29 is 8.42 Å². The zero-order valence-electron chi connectivity index (χ0n) is 12.0. The van der Waals surface area contributed by atoms with Crippen LogP contribution in [0.2, 0.25) is 5.02 Å². The van der Waals surface area contributed by atoms with E-state index in [0.717, 1.165) is 25.1 Å². The summed E-state index contributed by atoms with van der Waals surface area (Å²) >= 11 is 6.07. The molecule has 6 heteroatoms. The predicted molar refractivity (Wildman–Crippen MR) is 84.6 cm³/mol. The van der Waals surface area contributed by atoms with Crippen LogP contribution in [0.5, 0.6) is 0 Å². The van der Waals surface area contributed by atoms with E-state index in [1.807, 2.05) is 25.1 Å². The summed E-state index contributed by atoms with van der Waals surface area (Å²) in [5.74, 6) is 0.146. The minimum absolute atomic E-state index is 0.146. The number of rotatable bonds is 9. The summed E-state index contributed by atoms with van der Waals surface area (Å²) in [6.07, 6.45) is 1.51. The van der Waals surface area contributed by atoms with Gasteiger partial charge in [0.25, 0.3) is 0 Å². The van der Waals surface area contributed by atoms with Crippen molar-refractivity contribution in [2.24, 2.45) is 0 Å². The van der Waals surface area contributed by atoms with E-state index >= 15 is 0 Å². The Labute approximate surface area is 127 Å². The third kappa shape index (κ3) is 6.22. The van der Waals surface area contributed by atoms with E-state index in [1.165, 1.54) is 0 Å². The molecule has 0 saturated heterocycles. The van der Waals surface area contributed by atoms with Gasteiger partial charge in [0.1, 0.15) is 0 Å². The Bertz CT molecular complexity index is 506. The molecule has 1 unspecified atom stereocenters. The largest absolute Gasteiger partial charge is 0.317 e. The highest BCUT2D eigenvalue weighted by Gasteiger charge is 2.16. The lowest BCUT2D eigenvalue weighted by Gasteiger charge is -2.15. The van der Waals surface area contributed by atoms with Crippen molar-refractivity contribution in [3.05, 3.63) is 34.9 Å². The molecule has 1 rings (SSSR count). The monoisotopic (exact) mass is 318 g/mol. The third-order valence-corrected chi connectivity index (χ3v) is 4.88. The molecule has 0 saturated carbocycles. The highest BCUT2D eigenvalue weighted by Crippen LogP contribution is 2.22. The molecular formula is C14H23ClN2O2S. The molecule has 0 heterocycles. The lowest BCUT2D eigenvalue weighted by atomic mass is 10.1. The van der Waals surface area contributed by atoms with Crippen molar-refractivity contribution >= 4 is 21.6 Å². The quantitative estimate of drug-likeness (QED) is 0.688. The highest BCUT2D eigenvalue weighted by molar-refractivity contribution is 7.89. The van der Waals surface area contributed by atoms with Gasteiger partial charge in [-0.15, -0.1) is 0 Å². The molecule has 114 valence electrons. The standard InChI is InChI=1S/C14H23ClN2O2S/c1-3-16-10-6-7-11-20(18,19)17-12(2)13-8-4-5-9-14(13)15/h4-5,8-9,12,16-17H,3,6-7,10-11H2,1-2H3. The summed E-state index contributed by atoms with van der Waals surface area (Å²) in [6, 6.07) is 6.96. The topological polar surface area (TPSA) is 58.2 Å². The van der Waals surface area contributed by atoms with Crippen LogP contribution in [0.25, 0.3) is 0 Å². The van der Waals surface area contributed by atoms with E-state index in [9.17, 15) is 8.42 Å². The first-order chi connectivity index (χ1) is 9.46. The van der Waals surface area contributed by atoms with Crippen LogP contribution in [-0.4, -0.2) is 27.3 Å². The van der Waals surface area contributed by atoms with Crippen LogP contribution in [0.4, 0.5) is 0 Å². The van der Waals surface area contributed by atoms with Gasteiger partial charge in [0.2, 0.25) is 10.0 Å². The SMILES string of the molecule is CCNCCCCS(=O)(=O)NC(C)c1ccccc1Cl. The van der Waals surface area contributed by atoms with Gasteiger partial charge in [0.05, 0.1) is 5.75 Å². The molecule has 0 amide bonds. The van der Waals surface area contributed by atoms with E-state index in [1.54, 1.807) is 13.0 Å². The van der Waals surface area contributed by atoms with Gasteiger partial charge in [0.15, 0.2) is 0 Å². The number of hydrogen-bond acceptors (Lipinski definition) is 3. The van der Waals surface area contributed by atoms with Gasteiger partial charge in [-0.1, -0.05) is 36.7 Å². The van der Waals surface area contributed by atoms with E-state index in [0.29, 0.717) is 11.4 Å². The summed E-state index contributed by atoms with van der Waals surface area (Å²) in [5.41, 5.74) is 0.797. The molecule has 0 fully saturated rings. The van der Waals surface area contributed by atoms with E-state index in [-0.39, 0.29) is 11.8 Å². The Morgan fingerprint density at radius 1 is 1.25 bits per heavy atom. The molecule has 0 aliphatic heterocycles. The Hall–Kier alpha value is -0.620. The van der Waals surface area contributed by atoms with E-state index in [2.05, 4.69) is 10.0 Å². The maximum Gasteiger partial charge on any atom is 0.212 e. The lowest BCUT2D eigenvalue weighted by molar-refractivity contribution is 0.561. The Morgan fingerprint density at radius 3 is 2.60 bits per heavy atom. The van der Waals surface area contributed by atoms with Crippen LogP contribution in [-0.2, 0) is 10.0 Å². The van der Waals surface area contributed by atoms with Gasteiger partial charge < -0.3 is 5.32 Å². The van der Waals surface area contributed by atoms with Crippen LogP contribution < -0.4 is 10.0 Å². The molecule has 1 aromatic rings. The lowest BCUT2D eigenvalue weighted by Crippen LogP contribution is -2.29. The van der Waals surface area contributed by atoms with Crippen molar-refractivity contribution in [1.82, 2.24) is 10.0 Å².